The number of ether oxygens (including phenoxy) is 1. The molecular weight excluding hydrogens is 540 g/mol. The van der Waals surface area contributed by atoms with E-state index < -0.39 is 0 Å². The molecule has 5 aromatic rings. The van der Waals surface area contributed by atoms with E-state index >= 15 is 0 Å². The van der Waals surface area contributed by atoms with Crippen LogP contribution in [0.5, 0.6) is 0 Å². The van der Waals surface area contributed by atoms with Crippen molar-refractivity contribution in [3.63, 3.8) is 0 Å². The van der Waals surface area contributed by atoms with E-state index in [1.165, 1.54) is 12.8 Å². The van der Waals surface area contributed by atoms with E-state index in [4.69, 9.17) is 4.74 Å². The van der Waals surface area contributed by atoms with Crippen LogP contribution < -0.4 is 0 Å². The second kappa shape index (κ2) is 11.0. The number of hydrogen-bond acceptors (Lipinski definition) is 5. The van der Waals surface area contributed by atoms with E-state index in [0.29, 0.717) is 24.2 Å². The lowest BCUT2D eigenvalue weighted by atomic mass is 10.0. The van der Waals surface area contributed by atoms with Crippen LogP contribution in [0.1, 0.15) is 63.5 Å². The van der Waals surface area contributed by atoms with Gasteiger partial charge < -0.3 is 29.1 Å². The maximum atomic E-state index is 13.0. The summed E-state index contributed by atoms with van der Waals surface area (Å²) in [4.78, 5) is 40.2. The van der Waals surface area contributed by atoms with Crippen molar-refractivity contribution in [3.05, 3.63) is 89.3 Å². The number of aromatic amines is 2. The molecule has 3 aromatic heterocycles. The highest BCUT2D eigenvalue weighted by Gasteiger charge is 2.40. The number of aromatic nitrogens is 4. The molecule has 43 heavy (non-hydrogen) atoms. The third-order valence-corrected chi connectivity index (χ3v) is 9.77. The zero-order chi connectivity index (χ0) is 29.7. The molecule has 0 saturated carbocycles. The highest BCUT2D eigenvalue weighted by molar-refractivity contribution is 6.09. The predicted octanol–water partition coefficient (Wildman–Crippen LogP) is 5.36. The van der Waals surface area contributed by atoms with Crippen LogP contribution in [0.4, 0.5) is 0 Å². The van der Waals surface area contributed by atoms with E-state index in [9.17, 15) is 9.59 Å². The van der Waals surface area contributed by atoms with Crippen molar-refractivity contribution >= 4 is 33.7 Å². The van der Waals surface area contributed by atoms with Crippen LogP contribution in [0.2, 0.25) is 0 Å². The van der Waals surface area contributed by atoms with Gasteiger partial charge in [-0.2, -0.15) is 0 Å². The number of nitrogens with one attached hydrogen (secondary N) is 2. The number of aryl methyl sites for hydroxylation is 2. The van der Waals surface area contributed by atoms with Gasteiger partial charge in [0.25, 0.3) is 5.91 Å². The monoisotopic (exact) mass is 578 g/mol. The Morgan fingerprint density at radius 1 is 1.00 bits per heavy atom. The Morgan fingerprint density at radius 2 is 1.72 bits per heavy atom. The first kappa shape index (κ1) is 27.5. The molecule has 3 atom stereocenters. The van der Waals surface area contributed by atoms with Gasteiger partial charge in [0.15, 0.2) is 0 Å². The summed E-state index contributed by atoms with van der Waals surface area (Å²) in [6.45, 7) is 3.30. The van der Waals surface area contributed by atoms with E-state index in [1.54, 1.807) is 12.5 Å². The highest BCUT2D eigenvalue weighted by Crippen LogP contribution is 2.36. The van der Waals surface area contributed by atoms with Crippen molar-refractivity contribution in [1.82, 2.24) is 29.3 Å². The number of carbonyl (C=O) groups is 2. The molecule has 9 heteroatoms. The van der Waals surface area contributed by atoms with Gasteiger partial charge in [-0.05, 0) is 38.9 Å². The average Bonchev–Trinajstić information content (AvgIpc) is 3.75. The topological polar surface area (TPSA) is 99.2 Å². The number of nitrogens with zero attached hydrogens (tertiary/aromatic N) is 4. The van der Waals surface area contributed by atoms with Crippen LogP contribution in [0.3, 0.4) is 0 Å². The molecule has 2 bridgehead atoms. The Hall–Kier alpha value is -4.37. The molecule has 2 saturated heterocycles. The normalized spacial score (nSPS) is 21.6. The molecule has 2 N–H and O–H groups in total. The lowest BCUT2D eigenvalue weighted by Gasteiger charge is -2.35. The summed E-state index contributed by atoms with van der Waals surface area (Å²) in [7, 11) is 4.24. The van der Waals surface area contributed by atoms with Gasteiger partial charge in [-0.1, -0.05) is 36.4 Å². The summed E-state index contributed by atoms with van der Waals surface area (Å²) >= 11 is 0. The SMILES string of the molecule is CN1[C@@H]2CC[C@H]1C[C@@H](OC(=O)c1c[nH]c3ccccc13)C2.Cc1nc[nH]c1CN1CCc2c(c3ccccc3n2C)C1=O. The van der Waals surface area contributed by atoms with Crippen LogP contribution in [0.15, 0.2) is 61.1 Å². The van der Waals surface area contributed by atoms with Crippen molar-refractivity contribution in [2.45, 2.75) is 63.8 Å². The van der Waals surface area contributed by atoms with Crippen LogP contribution in [0, 0.1) is 6.92 Å². The Labute approximate surface area is 250 Å². The molecule has 3 aliphatic heterocycles. The summed E-state index contributed by atoms with van der Waals surface area (Å²) in [6, 6.07) is 17.1. The molecule has 2 aromatic carbocycles. The number of carbonyl (C=O) groups excluding carboxylic acids is 2. The Morgan fingerprint density at radius 3 is 2.47 bits per heavy atom. The average molecular weight is 579 g/mol. The lowest BCUT2D eigenvalue weighted by molar-refractivity contribution is -0.000271. The maximum Gasteiger partial charge on any atom is 0.340 e. The fourth-order valence-corrected chi connectivity index (χ4v) is 7.28. The molecule has 0 radical (unpaired) electrons. The van der Waals surface area contributed by atoms with Crippen LogP contribution in [0.25, 0.3) is 21.8 Å². The fraction of sp³-hybridized carbons (Fsp3) is 0.382. The molecule has 6 heterocycles. The van der Waals surface area contributed by atoms with Crippen molar-refractivity contribution in [3.8, 4) is 0 Å². The second-order valence-corrected chi connectivity index (χ2v) is 12.1. The van der Waals surface area contributed by atoms with Crippen molar-refractivity contribution < 1.29 is 14.3 Å². The van der Waals surface area contributed by atoms with Crippen LogP contribution in [-0.2, 0) is 24.8 Å². The van der Waals surface area contributed by atoms with E-state index in [1.807, 2.05) is 61.3 Å². The number of fused-ring (bicyclic) bond motifs is 6. The van der Waals surface area contributed by atoms with Gasteiger partial charge in [-0.15, -0.1) is 0 Å². The van der Waals surface area contributed by atoms with Gasteiger partial charge in [-0.25, -0.2) is 9.78 Å². The minimum atomic E-state index is -0.193. The third kappa shape index (κ3) is 4.91. The Balaban J connectivity index is 0.000000140. The molecule has 2 fully saturated rings. The third-order valence-electron chi connectivity index (χ3n) is 9.77. The van der Waals surface area contributed by atoms with Gasteiger partial charge in [0.05, 0.1) is 35.4 Å². The summed E-state index contributed by atoms with van der Waals surface area (Å²) < 4.78 is 7.94. The summed E-state index contributed by atoms with van der Waals surface area (Å²) in [5.41, 5.74) is 6.73. The molecule has 1 amide bonds. The molecule has 3 aliphatic rings. The van der Waals surface area contributed by atoms with Gasteiger partial charge >= 0.3 is 5.97 Å². The summed E-state index contributed by atoms with van der Waals surface area (Å²) in [5.74, 6) is -0.0755. The zero-order valence-corrected chi connectivity index (χ0v) is 25.0. The van der Waals surface area contributed by atoms with Gasteiger partial charge in [0.1, 0.15) is 6.10 Å². The minimum Gasteiger partial charge on any atom is -0.459 e. The Kier molecular flexibility index (Phi) is 7.05. The molecule has 0 spiro atoms. The largest absolute Gasteiger partial charge is 0.459 e. The van der Waals surface area contributed by atoms with Crippen LogP contribution in [-0.4, -0.2) is 73.0 Å². The second-order valence-electron chi connectivity index (χ2n) is 12.1. The first-order chi connectivity index (χ1) is 20.9. The first-order valence-electron chi connectivity index (χ1n) is 15.2. The van der Waals surface area contributed by atoms with Crippen molar-refractivity contribution in [2.75, 3.05) is 13.6 Å². The van der Waals surface area contributed by atoms with Gasteiger partial charge in [0, 0.05) is 78.6 Å². The Bertz CT molecular complexity index is 1800. The number of H-pyrrole nitrogens is 2. The van der Waals surface area contributed by atoms with E-state index in [2.05, 4.69) is 37.5 Å². The number of esters is 1. The zero-order valence-electron chi connectivity index (χ0n) is 25.0. The molecular formula is C34H38N6O3. The standard InChI is InChI=1S/C17H18N4O.C17H20N2O2/c1-11-13(19-10-18-11)9-21-8-7-15-16(17(21)22)12-5-3-4-6-14(12)20(15)2;1-19-11-6-7-12(19)9-13(8-11)21-17(20)15-10-18-16-5-3-2-4-14(15)16/h3-6,10H,7-9H2,1-2H3,(H,18,19);2-5,10-13,18H,6-9H2,1H3/t;11-,12+,13+. The number of benzene rings is 2. The highest BCUT2D eigenvalue weighted by atomic mass is 16.5. The number of piperidine rings is 1. The minimum absolute atomic E-state index is 0.0693. The fourth-order valence-electron chi connectivity index (χ4n) is 7.28. The van der Waals surface area contributed by atoms with Gasteiger partial charge in [-0.3, -0.25) is 4.79 Å². The number of rotatable bonds is 4. The van der Waals surface area contributed by atoms with Crippen molar-refractivity contribution in [1.29, 1.82) is 0 Å². The summed E-state index contributed by atoms with van der Waals surface area (Å²) in [6.07, 6.45) is 8.82. The molecule has 0 unspecified atom stereocenters. The maximum absolute atomic E-state index is 13.0. The molecule has 9 nitrogen and oxygen atoms in total. The molecule has 8 rings (SSSR count). The van der Waals surface area contributed by atoms with E-state index in [0.717, 1.165) is 70.3 Å². The lowest BCUT2D eigenvalue weighted by Crippen LogP contribution is -2.43. The van der Waals surface area contributed by atoms with Gasteiger partial charge in [0.2, 0.25) is 0 Å². The van der Waals surface area contributed by atoms with E-state index in [-0.39, 0.29) is 18.0 Å². The summed E-state index contributed by atoms with van der Waals surface area (Å²) in [5, 5.41) is 1.99. The number of para-hydroxylation sites is 2. The number of amides is 1. The smallest absolute Gasteiger partial charge is 0.340 e. The number of hydrogen-bond donors (Lipinski definition) is 2. The first-order valence-corrected chi connectivity index (χ1v) is 15.2. The van der Waals surface area contributed by atoms with Crippen LogP contribution >= 0.6 is 0 Å². The number of imidazole rings is 1. The molecule has 0 aliphatic carbocycles. The van der Waals surface area contributed by atoms with Crippen molar-refractivity contribution in [2.24, 2.45) is 7.05 Å². The quantitative estimate of drug-likeness (QED) is 0.280. The molecule has 222 valence electrons. The predicted molar refractivity (Wildman–Crippen MR) is 166 cm³/mol.